The van der Waals surface area contributed by atoms with E-state index in [2.05, 4.69) is 5.32 Å². The Balaban J connectivity index is 2.74. The summed E-state index contributed by atoms with van der Waals surface area (Å²) >= 11 is 0. The fourth-order valence-corrected chi connectivity index (χ4v) is 1.41. The first-order valence-electron chi connectivity index (χ1n) is 4.45. The van der Waals surface area contributed by atoms with Crippen LogP contribution < -0.4 is 10.7 Å². The van der Waals surface area contributed by atoms with Crippen molar-refractivity contribution in [1.29, 1.82) is 0 Å². The minimum absolute atomic E-state index is 0.00843. The molecule has 2 heterocycles. The van der Waals surface area contributed by atoms with Crippen molar-refractivity contribution in [3.8, 4) is 5.75 Å². The van der Waals surface area contributed by atoms with Crippen molar-refractivity contribution < 1.29 is 14.3 Å². The molecule has 1 aliphatic rings. The van der Waals surface area contributed by atoms with Gasteiger partial charge in [0.15, 0.2) is 11.5 Å². The van der Waals surface area contributed by atoms with Gasteiger partial charge in [-0.1, -0.05) is 6.08 Å². The molecular formula is C10H9NO4. The summed E-state index contributed by atoms with van der Waals surface area (Å²) in [4.78, 5) is 22.8. The molecule has 1 aromatic rings. The van der Waals surface area contributed by atoms with Crippen molar-refractivity contribution in [1.82, 2.24) is 0 Å². The number of Topliss-reactive ketones (excluding diaryl/α,β-unsaturated/α-hetero) is 1. The van der Waals surface area contributed by atoms with Crippen LogP contribution >= 0.6 is 0 Å². The van der Waals surface area contributed by atoms with Gasteiger partial charge in [-0.3, -0.25) is 9.59 Å². The van der Waals surface area contributed by atoms with E-state index in [1.807, 2.05) is 0 Å². The Hall–Kier alpha value is -2.04. The predicted molar refractivity (Wildman–Crippen MR) is 54.2 cm³/mol. The van der Waals surface area contributed by atoms with Crippen LogP contribution in [0.1, 0.15) is 23.2 Å². The van der Waals surface area contributed by atoms with E-state index < -0.39 is 11.2 Å². The van der Waals surface area contributed by atoms with E-state index in [-0.39, 0.29) is 29.5 Å². The molecule has 0 unspecified atom stereocenters. The topological polar surface area (TPSA) is 79.5 Å². The molecule has 0 aromatic carbocycles. The highest BCUT2D eigenvalue weighted by molar-refractivity contribution is 6.05. The third kappa shape index (κ3) is 1.32. The van der Waals surface area contributed by atoms with E-state index in [9.17, 15) is 14.7 Å². The number of hydrogen-bond donors (Lipinski definition) is 2. The molecule has 0 saturated carbocycles. The Morgan fingerprint density at radius 1 is 1.47 bits per heavy atom. The fourth-order valence-electron chi connectivity index (χ4n) is 1.41. The van der Waals surface area contributed by atoms with Gasteiger partial charge in [0.2, 0.25) is 11.5 Å². The van der Waals surface area contributed by atoms with E-state index in [0.29, 0.717) is 0 Å². The van der Waals surface area contributed by atoms with Gasteiger partial charge in [0.05, 0.1) is 6.54 Å². The monoisotopic (exact) mass is 207 g/mol. The Morgan fingerprint density at radius 2 is 2.20 bits per heavy atom. The van der Waals surface area contributed by atoms with Gasteiger partial charge in [-0.05, 0) is 13.0 Å². The van der Waals surface area contributed by atoms with Crippen molar-refractivity contribution >= 4 is 17.5 Å². The maximum Gasteiger partial charge on any atom is 0.251 e. The highest BCUT2D eigenvalue weighted by Gasteiger charge is 2.27. The first kappa shape index (κ1) is 9.51. The van der Waals surface area contributed by atoms with Crippen LogP contribution in [0.15, 0.2) is 15.3 Å². The quantitative estimate of drug-likeness (QED) is 0.717. The Morgan fingerprint density at radius 3 is 2.87 bits per heavy atom. The number of allylic oxidation sites excluding steroid dienone is 1. The predicted octanol–water partition coefficient (Wildman–Crippen LogP) is 0.987. The fraction of sp³-hybridized carbons (Fsp3) is 0.200. The maximum absolute atomic E-state index is 11.5. The summed E-state index contributed by atoms with van der Waals surface area (Å²) in [7, 11) is 0. The highest BCUT2D eigenvalue weighted by Crippen LogP contribution is 2.25. The zero-order valence-corrected chi connectivity index (χ0v) is 8.03. The lowest BCUT2D eigenvalue weighted by Crippen LogP contribution is -2.07. The van der Waals surface area contributed by atoms with Crippen molar-refractivity contribution in [2.75, 3.05) is 11.9 Å². The summed E-state index contributed by atoms with van der Waals surface area (Å²) in [6, 6.07) is 0. The van der Waals surface area contributed by atoms with Crippen LogP contribution in [0.5, 0.6) is 5.75 Å². The van der Waals surface area contributed by atoms with Crippen molar-refractivity contribution in [2.45, 2.75) is 6.92 Å². The zero-order chi connectivity index (χ0) is 11.0. The summed E-state index contributed by atoms with van der Waals surface area (Å²) in [5.74, 6) is -0.758. The van der Waals surface area contributed by atoms with E-state index in [4.69, 9.17) is 4.42 Å². The third-order valence-corrected chi connectivity index (χ3v) is 2.11. The van der Waals surface area contributed by atoms with Crippen LogP contribution in [0.2, 0.25) is 0 Å². The van der Waals surface area contributed by atoms with Crippen molar-refractivity contribution in [3.63, 3.8) is 0 Å². The minimum atomic E-state index is -0.602. The van der Waals surface area contributed by atoms with Gasteiger partial charge in [0.25, 0.3) is 5.43 Å². The molecule has 5 heteroatoms. The van der Waals surface area contributed by atoms with Gasteiger partial charge in [0, 0.05) is 0 Å². The van der Waals surface area contributed by atoms with Crippen LogP contribution in [-0.2, 0) is 0 Å². The van der Waals surface area contributed by atoms with Gasteiger partial charge >= 0.3 is 0 Å². The number of fused-ring (bicyclic) bond motifs is 1. The molecule has 0 spiro atoms. The zero-order valence-electron chi connectivity index (χ0n) is 8.03. The SMILES string of the molecule is C/C=C/c1oc2c(c(=O)c1O)NCC2=O. The second-order valence-electron chi connectivity index (χ2n) is 3.12. The molecule has 5 nitrogen and oxygen atoms in total. The second-order valence-corrected chi connectivity index (χ2v) is 3.12. The standard InChI is InChI=1S/C10H9NO4/c1-2-3-6-8(13)9(14)7-10(15-6)5(12)4-11-7/h2-3,11,13H,4H2,1H3/b3-2+. The van der Waals surface area contributed by atoms with Gasteiger partial charge in [-0.2, -0.15) is 0 Å². The summed E-state index contributed by atoms with van der Waals surface area (Å²) in [5.41, 5.74) is -0.555. The largest absolute Gasteiger partial charge is 0.501 e. The van der Waals surface area contributed by atoms with Crippen molar-refractivity contribution in [3.05, 3.63) is 27.8 Å². The van der Waals surface area contributed by atoms with E-state index in [1.54, 1.807) is 13.0 Å². The molecule has 1 aromatic heterocycles. The molecular weight excluding hydrogens is 198 g/mol. The van der Waals surface area contributed by atoms with Crippen LogP contribution in [0.25, 0.3) is 6.08 Å². The summed E-state index contributed by atoms with van der Waals surface area (Å²) in [5, 5.41) is 12.1. The number of carbonyl (C=O) groups is 1. The summed E-state index contributed by atoms with van der Waals surface area (Å²) in [6.45, 7) is 1.75. The maximum atomic E-state index is 11.5. The number of hydrogen-bond acceptors (Lipinski definition) is 5. The molecule has 15 heavy (non-hydrogen) atoms. The number of carbonyl (C=O) groups excluding carboxylic acids is 1. The molecule has 78 valence electrons. The van der Waals surface area contributed by atoms with Gasteiger partial charge in [-0.25, -0.2) is 0 Å². The number of nitrogens with one attached hydrogen (secondary N) is 1. The molecule has 0 amide bonds. The van der Waals surface area contributed by atoms with Crippen LogP contribution in [0.3, 0.4) is 0 Å². The number of rotatable bonds is 1. The molecule has 2 N–H and O–H groups in total. The van der Waals surface area contributed by atoms with Crippen LogP contribution in [0.4, 0.5) is 5.69 Å². The van der Waals surface area contributed by atoms with Crippen molar-refractivity contribution in [2.24, 2.45) is 0 Å². The molecule has 0 bridgehead atoms. The average molecular weight is 207 g/mol. The van der Waals surface area contributed by atoms with Crippen LogP contribution in [-0.4, -0.2) is 17.4 Å². The molecule has 0 radical (unpaired) electrons. The smallest absolute Gasteiger partial charge is 0.251 e. The third-order valence-electron chi connectivity index (χ3n) is 2.11. The first-order chi connectivity index (χ1) is 7.15. The Kier molecular flexibility index (Phi) is 2.07. The minimum Gasteiger partial charge on any atom is -0.501 e. The highest BCUT2D eigenvalue weighted by atomic mass is 16.4. The molecule has 0 fully saturated rings. The lowest BCUT2D eigenvalue weighted by Gasteiger charge is -2.01. The normalized spacial score (nSPS) is 14.3. The van der Waals surface area contributed by atoms with Gasteiger partial charge in [0.1, 0.15) is 5.69 Å². The Bertz CT molecular complexity index is 513. The molecule has 0 atom stereocenters. The molecule has 0 saturated heterocycles. The average Bonchev–Trinajstić information content (AvgIpc) is 2.57. The summed E-state index contributed by atoms with van der Waals surface area (Å²) in [6.07, 6.45) is 3.04. The summed E-state index contributed by atoms with van der Waals surface area (Å²) < 4.78 is 5.14. The van der Waals surface area contributed by atoms with Gasteiger partial charge < -0.3 is 14.8 Å². The first-order valence-corrected chi connectivity index (χ1v) is 4.45. The van der Waals surface area contributed by atoms with E-state index in [0.717, 1.165) is 0 Å². The Labute approximate surface area is 85.0 Å². The lowest BCUT2D eigenvalue weighted by molar-refractivity contribution is 0.0987. The second kappa shape index (κ2) is 3.27. The number of anilines is 1. The lowest BCUT2D eigenvalue weighted by atomic mass is 10.2. The molecule has 2 rings (SSSR count). The molecule has 1 aliphatic heterocycles. The number of ketones is 1. The number of aromatic hydroxyl groups is 1. The van der Waals surface area contributed by atoms with Crippen LogP contribution in [0, 0.1) is 0 Å². The van der Waals surface area contributed by atoms with E-state index in [1.165, 1.54) is 6.08 Å². The van der Waals surface area contributed by atoms with Gasteiger partial charge in [-0.15, -0.1) is 0 Å². The van der Waals surface area contributed by atoms with E-state index >= 15 is 0 Å². The molecule has 0 aliphatic carbocycles.